The topological polar surface area (TPSA) is 27.1 Å². The molecule has 0 N–H and O–H groups in total. The molecule has 0 fully saturated rings. The second-order valence-corrected chi connectivity index (χ2v) is 4.38. The summed E-state index contributed by atoms with van der Waals surface area (Å²) in [6.07, 6.45) is -4.50. The third-order valence-corrected chi connectivity index (χ3v) is 2.72. The minimum absolute atomic E-state index is 0.0282. The molecule has 96 valence electrons. The van der Waals surface area contributed by atoms with E-state index in [-0.39, 0.29) is 5.88 Å². The lowest BCUT2D eigenvalue weighted by Crippen LogP contribution is -2.07. The molecular weight excluding hydrogens is 313 g/mol. The number of nitrogens with zero attached hydrogens (tertiary/aromatic N) is 2. The molecule has 0 radical (unpaired) electrons. The van der Waals surface area contributed by atoms with Crippen LogP contribution in [0.4, 0.5) is 13.2 Å². The number of hydrogen-bond donors (Lipinski definition) is 0. The van der Waals surface area contributed by atoms with Crippen molar-refractivity contribution in [2.75, 3.05) is 7.11 Å². The van der Waals surface area contributed by atoms with Crippen LogP contribution >= 0.6 is 15.9 Å². The Balaban J connectivity index is 2.54. The Kier molecular flexibility index (Phi) is 3.34. The number of methoxy groups -OCH3 is 1. The number of halogens is 4. The van der Waals surface area contributed by atoms with Crippen LogP contribution in [0.2, 0.25) is 0 Å². The summed E-state index contributed by atoms with van der Waals surface area (Å²) in [5, 5.41) is 3.51. The van der Waals surface area contributed by atoms with Crippen molar-refractivity contribution in [3.05, 3.63) is 40.5 Å². The third kappa shape index (κ3) is 2.50. The summed E-state index contributed by atoms with van der Waals surface area (Å²) in [5.41, 5.74) is -0.504. The summed E-state index contributed by atoms with van der Waals surface area (Å²) in [6.45, 7) is 0. The van der Waals surface area contributed by atoms with Gasteiger partial charge < -0.3 is 4.74 Å². The first-order valence-electron chi connectivity index (χ1n) is 4.89. The van der Waals surface area contributed by atoms with Gasteiger partial charge in [0.1, 0.15) is 0 Å². The van der Waals surface area contributed by atoms with Crippen molar-refractivity contribution in [3.8, 4) is 11.6 Å². The monoisotopic (exact) mass is 320 g/mol. The van der Waals surface area contributed by atoms with E-state index in [4.69, 9.17) is 4.74 Å². The maximum absolute atomic E-state index is 12.6. The Bertz CT molecular complexity index is 566. The van der Waals surface area contributed by atoms with Crippen LogP contribution in [-0.4, -0.2) is 16.9 Å². The van der Waals surface area contributed by atoms with Crippen molar-refractivity contribution in [1.29, 1.82) is 0 Å². The fourth-order valence-electron chi connectivity index (χ4n) is 1.44. The van der Waals surface area contributed by atoms with Crippen molar-refractivity contribution in [2.24, 2.45) is 0 Å². The fraction of sp³-hybridized carbons (Fsp3) is 0.182. The van der Waals surface area contributed by atoms with Gasteiger partial charge in [-0.2, -0.15) is 18.3 Å². The summed E-state index contributed by atoms with van der Waals surface area (Å²) in [4.78, 5) is 0. The van der Waals surface area contributed by atoms with Gasteiger partial charge in [-0.3, -0.25) is 0 Å². The number of ether oxygens (including phenoxy) is 1. The van der Waals surface area contributed by atoms with Crippen LogP contribution in [0, 0.1) is 0 Å². The van der Waals surface area contributed by atoms with E-state index >= 15 is 0 Å². The molecule has 1 aromatic heterocycles. The maximum Gasteiger partial charge on any atom is 0.435 e. The second kappa shape index (κ2) is 4.64. The van der Waals surface area contributed by atoms with Gasteiger partial charge in [0.05, 0.1) is 12.8 Å². The number of alkyl halides is 3. The molecule has 1 heterocycles. The zero-order chi connectivity index (χ0) is 13.3. The van der Waals surface area contributed by atoms with Gasteiger partial charge in [0, 0.05) is 10.5 Å². The van der Waals surface area contributed by atoms with Gasteiger partial charge in [0.2, 0.25) is 5.88 Å². The molecule has 0 aliphatic carbocycles. The van der Waals surface area contributed by atoms with Crippen molar-refractivity contribution < 1.29 is 17.9 Å². The van der Waals surface area contributed by atoms with Crippen molar-refractivity contribution in [3.63, 3.8) is 0 Å². The minimum atomic E-state index is -4.50. The molecule has 2 aromatic rings. The molecule has 0 bridgehead atoms. The number of aromatic nitrogens is 2. The van der Waals surface area contributed by atoms with Crippen LogP contribution < -0.4 is 4.74 Å². The van der Waals surface area contributed by atoms with E-state index in [2.05, 4.69) is 21.0 Å². The van der Waals surface area contributed by atoms with Gasteiger partial charge in [-0.15, -0.1) is 0 Å². The molecule has 7 heteroatoms. The second-order valence-electron chi connectivity index (χ2n) is 3.46. The van der Waals surface area contributed by atoms with E-state index in [0.29, 0.717) is 5.69 Å². The highest BCUT2D eigenvalue weighted by Gasteiger charge is 2.35. The Labute approximate surface area is 109 Å². The number of hydrogen-bond acceptors (Lipinski definition) is 2. The van der Waals surface area contributed by atoms with Gasteiger partial charge in [0.25, 0.3) is 0 Å². The zero-order valence-corrected chi connectivity index (χ0v) is 10.8. The molecule has 0 saturated carbocycles. The minimum Gasteiger partial charge on any atom is -0.481 e. The molecule has 0 spiro atoms. The molecule has 0 aliphatic rings. The average Bonchev–Trinajstić information content (AvgIpc) is 2.72. The SMILES string of the molecule is COc1cc(C(F)(F)F)nn1-c1cccc(Br)c1. The van der Waals surface area contributed by atoms with Crippen molar-refractivity contribution in [2.45, 2.75) is 6.18 Å². The predicted molar refractivity (Wildman–Crippen MR) is 62.8 cm³/mol. The first-order valence-corrected chi connectivity index (χ1v) is 5.68. The van der Waals surface area contributed by atoms with Crippen LogP contribution in [0.15, 0.2) is 34.8 Å². The summed E-state index contributed by atoms with van der Waals surface area (Å²) in [6, 6.07) is 7.62. The van der Waals surface area contributed by atoms with Gasteiger partial charge in [-0.25, -0.2) is 4.68 Å². The number of benzene rings is 1. The van der Waals surface area contributed by atoms with E-state index in [1.165, 1.54) is 7.11 Å². The van der Waals surface area contributed by atoms with Crippen molar-refractivity contribution >= 4 is 15.9 Å². The molecular formula is C11H8BrF3N2O. The van der Waals surface area contributed by atoms with Crippen LogP contribution in [0.1, 0.15) is 5.69 Å². The normalized spacial score (nSPS) is 11.6. The van der Waals surface area contributed by atoms with E-state index in [1.54, 1.807) is 24.3 Å². The van der Waals surface area contributed by atoms with Crippen LogP contribution in [0.3, 0.4) is 0 Å². The smallest absolute Gasteiger partial charge is 0.435 e. The first kappa shape index (κ1) is 12.9. The predicted octanol–water partition coefficient (Wildman–Crippen LogP) is 3.66. The zero-order valence-electron chi connectivity index (χ0n) is 9.20. The third-order valence-electron chi connectivity index (χ3n) is 2.23. The van der Waals surface area contributed by atoms with Crippen molar-refractivity contribution in [1.82, 2.24) is 9.78 Å². The summed E-state index contributed by atoms with van der Waals surface area (Å²) >= 11 is 3.25. The lowest BCUT2D eigenvalue weighted by molar-refractivity contribution is -0.141. The number of rotatable bonds is 2. The Morgan fingerprint density at radius 2 is 2.00 bits per heavy atom. The highest BCUT2D eigenvalue weighted by Crippen LogP contribution is 2.32. The molecule has 3 nitrogen and oxygen atoms in total. The van der Waals surface area contributed by atoms with Gasteiger partial charge >= 0.3 is 6.18 Å². The van der Waals surface area contributed by atoms with Gasteiger partial charge in [0.15, 0.2) is 5.69 Å². The average molecular weight is 321 g/mol. The Morgan fingerprint density at radius 1 is 1.28 bits per heavy atom. The molecule has 0 aliphatic heterocycles. The largest absolute Gasteiger partial charge is 0.481 e. The van der Waals surface area contributed by atoms with E-state index in [0.717, 1.165) is 15.2 Å². The standard InChI is InChI=1S/C11H8BrF3N2O/c1-18-10-6-9(11(13,14)15)16-17(10)8-4-2-3-7(12)5-8/h2-6H,1H3. The fourth-order valence-corrected chi connectivity index (χ4v) is 1.83. The molecule has 0 atom stereocenters. The first-order chi connectivity index (χ1) is 8.41. The van der Waals surface area contributed by atoms with Crippen LogP contribution in [0.25, 0.3) is 5.69 Å². The Hall–Kier alpha value is -1.50. The van der Waals surface area contributed by atoms with E-state index in [9.17, 15) is 13.2 Å². The molecule has 2 rings (SSSR count). The van der Waals surface area contributed by atoms with E-state index < -0.39 is 11.9 Å². The van der Waals surface area contributed by atoms with Gasteiger partial charge in [-0.05, 0) is 18.2 Å². The van der Waals surface area contributed by atoms with E-state index in [1.807, 2.05) is 0 Å². The molecule has 0 saturated heterocycles. The molecule has 18 heavy (non-hydrogen) atoms. The van der Waals surface area contributed by atoms with Crippen LogP contribution in [-0.2, 0) is 6.18 Å². The highest BCUT2D eigenvalue weighted by molar-refractivity contribution is 9.10. The van der Waals surface area contributed by atoms with Gasteiger partial charge in [-0.1, -0.05) is 22.0 Å². The highest BCUT2D eigenvalue weighted by atomic mass is 79.9. The Morgan fingerprint density at radius 3 is 2.56 bits per heavy atom. The lowest BCUT2D eigenvalue weighted by Gasteiger charge is -2.06. The summed E-state index contributed by atoms with van der Waals surface area (Å²) in [7, 11) is 1.30. The molecule has 0 amide bonds. The molecule has 0 unspecified atom stereocenters. The summed E-state index contributed by atoms with van der Waals surface area (Å²) < 4.78 is 44.5. The quantitative estimate of drug-likeness (QED) is 0.844. The molecule has 1 aromatic carbocycles. The maximum atomic E-state index is 12.6. The summed E-state index contributed by atoms with van der Waals surface area (Å²) in [5.74, 6) is 0.0282. The lowest BCUT2D eigenvalue weighted by atomic mass is 10.3. The van der Waals surface area contributed by atoms with Crippen LogP contribution in [0.5, 0.6) is 5.88 Å².